The van der Waals surface area contributed by atoms with E-state index in [1.165, 1.54) is 10.5 Å². The van der Waals surface area contributed by atoms with E-state index in [0.29, 0.717) is 29.0 Å². The molecule has 0 saturated carbocycles. The van der Waals surface area contributed by atoms with Crippen molar-refractivity contribution in [3.05, 3.63) is 35.5 Å². The van der Waals surface area contributed by atoms with Gasteiger partial charge < -0.3 is 4.18 Å². The Morgan fingerprint density at radius 3 is 2.67 bits per heavy atom. The molecule has 0 unspecified atom stereocenters. The van der Waals surface area contributed by atoms with E-state index < -0.39 is 10.3 Å². The summed E-state index contributed by atoms with van der Waals surface area (Å²) >= 11 is 5.92. The molecular formula is C14H15ClN2O3S. The number of halogens is 1. The Bertz CT molecular complexity index is 758. The molecule has 2 aromatic rings. The van der Waals surface area contributed by atoms with Gasteiger partial charge in [-0.1, -0.05) is 18.0 Å². The monoisotopic (exact) mass is 326 g/mol. The number of pyridine rings is 1. The minimum atomic E-state index is -3.77. The molecule has 1 aliphatic heterocycles. The quantitative estimate of drug-likeness (QED) is 0.870. The van der Waals surface area contributed by atoms with Crippen molar-refractivity contribution in [3.63, 3.8) is 0 Å². The van der Waals surface area contributed by atoms with Crippen molar-refractivity contribution in [2.24, 2.45) is 0 Å². The van der Waals surface area contributed by atoms with Crippen LogP contribution in [0.4, 0.5) is 0 Å². The van der Waals surface area contributed by atoms with Crippen molar-refractivity contribution < 1.29 is 12.6 Å². The Morgan fingerprint density at radius 2 is 1.90 bits per heavy atom. The Kier molecular flexibility index (Phi) is 4.01. The molecule has 3 rings (SSSR count). The summed E-state index contributed by atoms with van der Waals surface area (Å²) in [5, 5.41) is 1.17. The van der Waals surface area contributed by atoms with Gasteiger partial charge in [0.25, 0.3) is 0 Å². The van der Waals surface area contributed by atoms with E-state index in [2.05, 4.69) is 4.98 Å². The van der Waals surface area contributed by atoms with Crippen LogP contribution < -0.4 is 4.18 Å². The van der Waals surface area contributed by atoms with E-state index in [1.807, 2.05) is 0 Å². The third-order valence-corrected chi connectivity index (χ3v) is 5.11. The SMILES string of the molecule is O=S(=O)(Oc1ccnc2cc(Cl)ccc12)N1CCCCC1. The van der Waals surface area contributed by atoms with Crippen LogP contribution >= 0.6 is 11.6 Å². The zero-order valence-electron chi connectivity index (χ0n) is 11.3. The topological polar surface area (TPSA) is 59.5 Å². The lowest BCUT2D eigenvalue weighted by Gasteiger charge is -2.25. The van der Waals surface area contributed by atoms with Crippen molar-refractivity contribution in [2.75, 3.05) is 13.1 Å². The second-order valence-corrected chi connectivity index (χ2v) is 6.95. The molecule has 1 saturated heterocycles. The van der Waals surface area contributed by atoms with Crippen molar-refractivity contribution >= 4 is 32.8 Å². The molecule has 0 radical (unpaired) electrons. The maximum absolute atomic E-state index is 12.3. The fourth-order valence-electron chi connectivity index (χ4n) is 2.42. The largest absolute Gasteiger partial charge is 0.385 e. The van der Waals surface area contributed by atoms with Gasteiger partial charge in [0.05, 0.1) is 5.52 Å². The van der Waals surface area contributed by atoms with E-state index in [0.717, 1.165) is 19.3 Å². The highest BCUT2D eigenvalue weighted by Crippen LogP contribution is 2.28. The van der Waals surface area contributed by atoms with Crippen LogP contribution in [0.5, 0.6) is 5.75 Å². The van der Waals surface area contributed by atoms with Gasteiger partial charge in [0, 0.05) is 35.8 Å². The van der Waals surface area contributed by atoms with Gasteiger partial charge in [-0.2, -0.15) is 12.7 Å². The first-order valence-electron chi connectivity index (χ1n) is 6.80. The molecule has 1 aliphatic rings. The van der Waals surface area contributed by atoms with E-state index >= 15 is 0 Å². The molecule has 1 fully saturated rings. The normalized spacial score (nSPS) is 17.0. The molecule has 1 aromatic carbocycles. The molecule has 0 aliphatic carbocycles. The van der Waals surface area contributed by atoms with Gasteiger partial charge in [-0.3, -0.25) is 4.98 Å². The molecule has 112 valence electrons. The zero-order chi connectivity index (χ0) is 14.9. The summed E-state index contributed by atoms with van der Waals surface area (Å²) in [5.74, 6) is 0.280. The van der Waals surface area contributed by atoms with Crippen LogP contribution in [0.15, 0.2) is 30.5 Å². The first-order chi connectivity index (χ1) is 10.1. The summed E-state index contributed by atoms with van der Waals surface area (Å²) in [6.45, 7) is 1.02. The fraction of sp³-hybridized carbons (Fsp3) is 0.357. The summed E-state index contributed by atoms with van der Waals surface area (Å²) < 4.78 is 31.3. The lowest BCUT2D eigenvalue weighted by molar-refractivity contribution is 0.313. The first-order valence-corrected chi connectivity index (χ1v) is 8.54. The van der Waals surface area contributed by atoms with Crippen molar-refractivity contribution in [1.29, 1.82) is 0 Å². The van der Waals surface area contributed by atoms with Gasteiger partial charge in [0.1, 0.15) is 0 Å². The molecule has 5 nitrogen and oxygen atoms in total. The molecular weight excluding hydrogens is 312 g/mol. The van der Waals surface area contributed by atoms with Crippen molar-refractivity contribution in [3.8, 4) is 5.75 Å². The summed E-state index contributed by atoms with van der Waals surface area (Å²) in [4.78, 5) is 4.17. The zero-order valence-corrected chi connectivity index (χ0v) is 12.9. The highest BCUT2D eigenvalue weighted by molar-refractivity contribution is 7.84. The van der Waals surface area contributed by atoms with Crippen LogP contribution in [-0.4, -0.2) is 30.8 Å². The van der Waals surface area contributed by atoms with Crippen molar-refractivity contribution in [2.45, 2.75) is 19.3 Å². The number of hydrogen-bond acceptors (Lipinski definition) is 4. The Labute approximate surface area is 128 Å². The third kappa shape index (κ3) is 3.12. The number of piperidine rings is 1. The van der Waals surface area contributed by atoms with Gasteiger partial charge in [-0.25, -0.2) is 0 Å². The average molecular weight is 327 g/mol. The van der Waals surface area contributed by atoms with Crippen LogP contribution in [-0.2, 0) is 10.3 Å². The molecule has 7 heteroatoms. The molecule has 2 heterocycles. The summed E-state index contributed by atoms with van der Waals surface area (Å²) in [6.07, 6.45) is 4.31. The summed E-state index contributed by atoms with van der Waals surface area (Å²) in [6, 6.07) is 6.63. The second kappa shape index (κ2) is 5.79. The van der Waals surface area contributed by atoms with Gasteiger partial charge in [-0.05, 0) is 31.0 Å². The van der Waals surface area contributed by atoms with Crippen LogP contribution in [0, 0.1) is 0 Å². The maximum Gasteiger partial charge on any atom is 0.385 e. The van der Waals surface area contributed by atoms with Gasteiger partial charge >= 0.3 is 10.3 Å². The van der Waals surface area contributed by atoms with Gasteiger partial charge in [0.15, 0.2) is 5.75 Å². The van der Waals surface area contributed by atoms with E-state index in [4.69, 9.17) is 15.8 Å². The van der Waals surface area contributed by atoms with Crippen LogP contribution in [0.3, 0.4) is 0 Å². The summed E-state index contributed by atoms with van der Waals surface area (Å²) in [5.41, 5.74) is 0.605. The number of hydrogen-bond donors (Lipinski definition) is 0. The molecule has 1 aromatic heterocycles. The van der Waals surface area contributed by atoms with Crippen molar-refractivity contribution in [1.82, 2.24) is 9.29 Å². The second-order valence-electron chi connectivity index (χ2n) is 4.97. The molecule has 21 heavy (non-hydrogen) atoms. The lowest BCUT2D eigenvalue weighted by atomic mass is 10.2. The third-order valence-electron chi connectivity index (χ3n) is 3.49. The number of nitrogens with zero attached hydrogens (tertiary/aromatic N) is 2. The minimum absolute atomic E-state index is 0.280. The smallest absolute Gasteiger partial charge is 0.370 e. The number of rotatable bonds is 3. The highest BCUT2D eigenvalue weighted by atomic mass is 35.5. The van der Waals surface area contributed by atoms with Crippen LogP contribution in [0.1, 0.15) is 19.3 Å². The minimum Gasteiger partial charge on any atom is -0.370 e. The first kappa shape index (κ1) is 14.6. The summed E-state index contributed by atoms with van der Waals surface area (Å²) in [7, 11) is -3.77. The highest BCUT2D eigenvalue weighted by Gasteiger charge is 2.26. The molecule has 0 amide bonds. The molecule has 0 spiro atoms. The number of aromatic nitrogens is 1. The predicted molar refractivity (Wildman–Crippen MR) is 81.7 cm³/mol. The van der Waals surface area contributed by atoms with E-state index in [9.17, 15) is 8.42 Å². The molecule has 0 bridgehead atoms. The predicted octanol–water partition coefficient (Wildman–Crippen LogP) is 3.00. The standard InChI is InChI=1S/C14H15ClN2O3S/c15-11-4-5-12-13(10-11)16-7-6-14(12)20-21(18,19)17-8-2-1-3-9-17/h4-7,10H,1-3,8-9H2. The maximum atomic E-state index is 12.3. The average Bonchev–Trinajstić information content (AvgIpc) is 2.48. The Hall–Kier alpha value is -1.37. The van der Waals surface area contributed by atoms with Crippen LogP contribution in [0.25, 0.3) is 10.9 Å². The molecule has 0 atom stereocenters. The fourth-order valence-corrected chi connectivity index (χ4v) is 3.77. The van der Waals surface area contributed by atoms with E-state index in [1.54, 1.807) is 24.3 Å². The lowest BCUT2D eigenvalue weighted by Crippen LogP contribution is -2.38. The Morgan fingerprint density at radius 1 is 1.14 bits per heavy atom. The van der Waals surface area contributed by atoms with Gasteiger partial charge in [0.2, 0.25) is 0 Å². The van der Waals surface area contributed by atoms with E-state index in [-0.39, 0.29) is 5.75 Å². The Balaban J connectivity index is 1.94. The number of benzene rings is 1. The molecule has 0 N–H and O–H groups in total. The number of fused-ring (bicyclic) bond motifs is 1. The van der Waals surface area contributed by atoms with Crippen LogP contribution in [0.2, 0.25) is 5.02 Å². The van der Waals surface area contributed by atoms with Gasteiger partial charge in [-0.15, -0.1) is 0 Å².